The molecule has 0 saturated carbocycles. The van der Waals surface area contributed by atoms with E-state index in [1.165, 1.54) is 0 Å². The van der Waals surface area contributed by atoms with Crippen LogP contribution in [0.1, 0.15) is 41.5 Å². The molecule has 0 saturated heterocycles. The number of rotatable bonds is 4. The lowest BCUT2D eigenvalue weighted by Gasteiger charge is -2.21. The van der Waals surface area contributed by atoms with Gasteiger partial charge in [0.15, 0.2) is 0 Å². The molecule has 0 aromatic rings. The minimum atomic E-state index is -0.527. The number of alkyl halides is 1. The lowest BCUT2D eigenvalue weighted by Crippen LogP contribution is -2.40. The van der Waals surface area contributed by atoms with Crippen molar-refractivity contribution in [3.8, 4) is 0 Å². The summed E-state index contributed by atoms with van der Waals surface area (Å²) in [5, 5.41) is 5.22. The molecule has 0 unspecified atom stereocenters. The van der Waals surface area contributed by atoms with E-state index in [0.717, 1.165) is 0 Å². The second-order valence-corrected chi connectivity index (χ2v) is 7.66. The zero-order valence-electron chi connectivity index (χ0n) is 13.0. The molecule has 0 aliphatic rings. The van der Waals surface area contributed by atoms with E-state index in [4.69, 9.17) is 9.47 Å². The molecule has 0 aliphatic heterocycles. The Kier molecular flexibility index (Phi) is 7.33. The van der Waals surface area contributed by atoms with Crippen molar-refractivity contribution in [1.82, 2.24) is 10.6 Å². The van der Waals surface area contributed by atoms with Gasteiger partial charge in [0.2, 0.25) is 0 Å². The molecule has 0 atom stereocenters. The van der Waals surface area contributed by atoms with E-state index in [9.17, 15) is 9.59 Å². The predicted octanol–water partition coefficient (Wildman–Crippen LogP) is 2.80. The topological polar surface area (TPSA) is 76.7 Å². The van der Waals surface area contributed by atoms with Crippen LogP contribution < -0.4 is 10.6 Å². The van der Waals surface area contributed by atoms with Crippen molar-refractivity contribution in [2.45, 2.75) is 57.6 Å². The number of hydrogen-bond donors (Lipinski definition) is 2. The minimum Gasteiger partial charge on any atom is -0.444 e. The molecule has 2 N–H and O–H groups in total. The van der Waals surface area contributed by atoms with Crippen molar-refractivity contribution < 1.29 is 19.1 Å². The summed E-state index contributed by atoms with van der Waals surface area (Å²) in [6.07, 6.45) is -0.974. The average molecular weight is 353 g/mol. The highest BCUT2D eigenvalue weighted by atomic mass is 79.9. The Morgan fingerprint density at radius 2 is 1.20 bits per heavy atom. The second kappa shape index (κ2) is 7.71. The summed E-state index contributed by atoms with van der Waals surface area (Å²) < 4.78 is 10.2. The number of halogens is 1. The van der Waals surface area contributed by atoms with E-state index in [2.05, 4.69) is 26.6 Å². The van der Waals surface area contributed by atoms with E-state index in [1.54, 1.807) is 41.5 Å². The number of alkyl carbamates (subject to hydrolysis) is 2. The van der Waals surface area contributed by atoms with Gasteiger partial charge in [-0.2, -0.15) is 0 Å². The third kappa shape index (κ3) is 12.1. The third-order valence-corrected chi connectivity index (χ3v) is 2.38. The zero-order chi connectivity index (χ0) is 16.0. The second-order valence-electron chi connectivity index (χ2n) is 6.36. The number of carbonyl (C=O) groups excluding carboxylic acids is 2. The van der Waals surface area contributed by atoms with Crippen molar-refractivity contribution in [2.75, 3.05) is 13.1 Å². The van der Waals surface area contributed by atoms with Gasteiger partial charge in [-0.15, -0.1) is 0 Å². The van der Waals surface area contributed by atoms with Crippen LogP contribution in [0.2, 0.25) is 0 Å². The molecule has 0 fully saturated rings. The Morgan fingerprint density at radius 3 is 1.45 bits per heavy atom. The maximum Gasteiger partial charge on any atom is 0.407 e. The molecule has 0 aromatic heterocycles. The lowest BCUT2D eigenvalue weighted by atomic mass is 10.2. The fourth-order valence-corrected chi connectivity index (χ4v) is 1.41. The Hall–Kier alpha value is -0.980. The predicted molar refractivity (Wildman–Crippen MR) is 81.2 cm³/mol. The van der Waals surface area contributed by atoms with Crippen molar-refractivity contribution in [3.05, 3.63) is 0 Å². The number of carbonyl (C=O) groups is 2. The van der Waals surface area contributed by atoms with E-state index in [-0.39, 0.29) is 4.83 Å². The normalized spacial score (nSPS) is 12.0. The number of ether oxygens (including phenoxy) is 2. The van der Waals surface area contributed by atoms with E-state index >= 15 is 0 Å². The SMILES string of the molecule is CC(C)(C)OC(=O)NCC(Br)CNC(=O)OC(C)(C)C. The first-order chi connectivity index (χ1) is 8.89. The Labute approximate surface area is 129 Å². The Bertz CT molecular complexity index is 302. The maximum atomic E-state index is 11.4. The highest BCUT2D eigenvalue weighted by Gasteiger charge is 2.18. The van der Waals surface area contributed by atoms with Crippen molar-refractivity contribution >= 4 is 28.1 Å². The van der Waals surface area contributed by atoms with Crippen LogP contribution in [-0.2, 0) is 9.47 Å². The van der Waals surface area contributed by atoms with Gasteiger partial charge in [0, 0.05) is 17.9 Å². The molecular weight excluding hydrogens is 328 g/mol. The molecule has 2 amide bonds. The monoisotopic (exact) mass is 352 g/mol. The van der Waals surface area contributed by atoms with Crippen LogP contribution in [0.3, 0.4) is 0 Å². The summed E-state index contributed by atoms with van der Waals surface area (Å²) in [6.45, 7) is 11.4. The summed E-state index contributed by atoms with van der Waals surface area (Å²) in [4.78, 5) is 22.7. The van der Waals surface area contributed by atoms with Crippen LogP contribution in [-0.4, -0.2) is 41.3 Å². The van der Waals surface area contributed by atoms with Crippen LogP contribution in [0.15, 0.2) is 0 Å². The van der Waals surface area contributed by atoms with Crippen LogP contribution in [0.4, 0.5) is 9.59 Å². The Morgan fingerprint density at radius 1 is 0.900 bits per heavy atom. The van der Waals surface area contributed by atoms with Gasteiger partial charge in [-0.1, -0.05) is 15.9 Å². The molecule has 0 bridgehead atoms. The molecule has 0 heterocycles. The first-order valence-electron chi connectivity index (χ1n) is 6.47. The van der Waals surface area contributed by atoms with Crippen LogP contribution in [0.5, 0.6) is 0 Å². The van der Waals surface area contributed by atoms with E-state index in [1.807, 2.05) is 0 Å². The third-order valence-electron chi connectivity index (χ3n) is 1.73. The molecule has 6 nitrogen and oxygen atoms in total. The van der Waals surface area contributed by atoms with Gasteiger partial charge < -0.3 is 20.1 Å². The zero-order valence-corrected chi connectivity index (χ0v) is 14.6. The summed E-state index contributed by atoms with van der Waals surface area (Å²) in [7, 11) is 0. The maximum absolute atomic E-state index is 11.4. The highest BCUT2D eigenvalue weighted by molar-refractivity contribution is 9.09. The highest BCUT2D eigenvalue weighted by Crippen LogP contribution is 2.08. The lowest BCUT2D eigenvalue weighted by molar-refractivity contribution is 0.0526. The Balaban J connectivity index is 3.87. The van der Waals surface area contributed by atoms with Gasteiger partial charge in [-0.25, -0.2) is 9.59 Å². The van der Waals surface area contributed by atoms with Crippen molar-refractivity contribution in [1.29, 1.82) is 0 Å². The van der Waals surface area contributed by atoms with Gasteiger partial charge in [-0.05, 0) is 41.5 Å². The number of nitrogens with one attached hydrogen (secondary N) is 2. The molecule has 0 radical (unpaired) electrons. The first-order valence-corrected chi connectivity index (χ1v) is 7.38. The molecule has 0 rings (SSSR count). The molecule has 0 aliphatic carbocycles. The molecule has 118 valence electrons. The van der Waals surface area contributed by atoms with Crippen LogP contribution in [0, 0.1) is 0 Å². The van der Waals surface area contributed by atoms with Gasteiger partial charge >= 0.3 is 12.2 Å². The molecule has 20 heavy (non-hydrogen) atoms. The summed E-state index contributed by atoms with van der Waals surface area (Å²) in [6, 6.07) is 0. The summed E-state index contributed by atoms with van der Waals surface area (Å²) in [5.74, 6) is 0. The first kappa shape index (κ1) is 19.0. The van der Waals surface area contributed by atoms with Crippen molar-refractivity contribution in [2.24, 2.45) is 0 Å². The quantitative estimate of drug-likeness (QED) is 0.762. The fraction of sp³-hybridized carbons (Fsp3) is 0.846. The molecule has 0 aromatic carbocycles. The summed E-state index contributed by atoms with van der Waals surface area (Å²) >= 11 is 3.35. The molecular formula is C13H25BrN2O4. The van der Waals surface area contributed by atoms with Crippen LogP contribution in [0.25, 0.3) is 0 Å². The standard InChI is InChI=1S/C13H25BrN2O4/c1-12(2,3)19-10(17)15-7-9(14)8-16-11(18)20-13(4,5)6/h9H,7-8H2,1-6H3,(H,15,17)(H,16,18). The minimum absolute atomic E-state index is 0.109. The van der Waals surface area contributed by atoms with Crippen molar-refractivity contribution in [3.63, 3.8) is 0 Å². The number of hydrogen-bond acceptors (Lipinski definition) is 4. The van der Waals surface area contributed by atoms with Gasteiger partial charge in [0.1, 0.15) is 11.2 Å². The van der Waals surface area contributed by atoms with Crippen LogP contribution >= 0.6 is 15.9 Å². The van der Waals surface area contributed by atoms with E-state index in [0.29, 0.717) is 13.1 Å². The number of amides is 2. The summed E-state index contributed by atoms with van der Waals surface area (Å²) in [5.41, 5.74) is -1.05. The molecule has 7 heteroatoms. The smallest absolute Gasteiger partial charge is 0.407 e. The molecule has 0 spiro atoms. The van der Waals surface area contributed by atoms with Gasteiger partial charge in [-0.3, -0.25) is 0 Å². The fourth-order valence-electron chi connectivity index (χ4n) is 1.09. The van der Waals surface area contributed by atoms with E-state index < -0.39 is 23.4 Å². The van der Waals surface area contributed by atoms with Gasteiger partial charge in [0.25, 0.3) is 0 Å². The van der Waals surface area contributed by atoms with Gasteiger partial charge in [0.05, 0.1) is 0 Å². The average Bonchev–Trinajstić information content (AvgIpc) is 2.18. The largest absolute Gasteiger partial charge is 0.444 e.